The molecule has 5 heteroatoms. The Morgan fingerprint density at radius 1 is 1.26 bits per heavy atom. The summed E-state index contributed by atoms with van der Waals surface area (Å²) in [6.45, 7) is 0. The molecule has 1 fully saturated rings. The number of ether oxygens (including phenoxy) is 1. The first kappa shape index (κ1) is 10.8. The van der Waals surface area contributed by atoms with E-state index in [0.29, 0.717) is 12.0 Å². The minimum Gasteiger partial charge on any atom is -0.470 e. The van der Waals surface area contributed by atoms with Crippen LogP contribution >= 0.6 is 0 Å². The van der Waals surface area contributed by atoms with Gasteiger partial charge in [-0.05, 0) is 25.0 Å². The van der Waals surface area contributed by atoms with Gasteiger partial charge in [-0.2, -0.15) is 0 Å². The van der Waals surface area contributed by atoms with E-state index in [2.05, 4.69) is 15.3 Å². The van der Waals surface area contributed by atoms with Crippen LogP contribution < -0.4 is 15.8 Å². The van der Waals surface area contributed by atoms with Crippen molar-refractivity contribution in [1.82, 2.24) is 15.3 Å². The summed E-state index contributed by atoms with van der Waals surface area (Å²) in [6.07, 6.45) is 3.98. The highest BCUT2D eigenvalue weighted by Gasteiger charge is 2.32. The highest BCUT2D eigenvalue weighted by molar-refractivity contribution is 5.72. The lowest BCUT2D eigenvalue weighted by Gasteiger charge is -2.28. The first-order chi connectivity index (χ1) is 9.31. The van der Waals surface area contributed by atoms with Crippen molar-refractivity contribution < 1.29 is 4.74 Å². The van der Waals surface area contributed by atoms with Crippen LogP contribution in [0.1, 0.15) is 24.6 Å². The molecule has 19 heavy (non-hydrogen) atoms. The molecular formula is C14H14N4O. The summed E-state index contributed by atoms with van der Waals surface area (Å²) in [5, 5.41) is 3.47. The number of nitrogens with two attached hydrogens (primary N) is 1. The van der Waals surface area contributed by atoms with Crippen LogP contribution in [0, 0.1) is 0 Å². The molecule has 96 valence electrons. The van der Waals surface area contributed by atoms with Crippen LogP contribution in [0.25, 0.3) is 11.3 Å². The van der Waals surface area contributed by atoms with Crippen LogP contribution in [0.15, 0.2) is 30.5 Å². The summed E-state index contributed by atoms with van der Waals surface area (Å²) in [7, 11) is 0. The second-order valence-corrected chi connectivity index (χ2v) is 4.97. The molecule has 0 amide bonds. The number of nitrogens with zero attached hydrogens (tertiary/aromatic N) is 2. The minimum absolute atomic E-state index is 0.182. The molecule has 1 aliphatic carbocycles. The molecule has 0 radical (unpaired) electrons. The second kappa shape index (κ2) is 3.93. The molecule has 0 saturated heterocycles. The SMILES string of the molecule is Nc1ncc2c(n1)-c1ccccc1O[C@H]2NC1CC1. The summed E-state index contributed by atoms with van der Waals surface area (Å²) in [4.78, 5) is 8.47. The standard InChI is InChI=1S/C14H14N4O/c15-14-16-7-10-12(18-14)9-3-1-2-4-11(9)19-13(10)17-8-5-6-8/h1-4,7-8,13,17H,5-6H2,(H2,15,16,18)/t13-/m1/s1. The summed E-state index contributed by atoms with van der Waals surface area (Å²) >= 11 is 0. The lowest BCUT2D eigenvalue weighted by Crippen LogP contribution is -2.31. The maximum Gasteiger partial charge on any atom is 0.220 e. The van der Waals surface area contributed by atoms with Gasteiger partial charge in [0.2, 0.25) is 5.95 Å². The number of nitrogens with one attached hydrogen (secondary N) is 1. The Balaban J connectivity index is 1.85. The van der Waals surface area contributed by atoms with Crippen LogP contribution in [0.5, 0.6) is 5.75 Å². The minimum atomic E-state index is -0.182. The van der Waals surface area contributed by atoms with Crippen molar-refractivity contribution in [2.24, 2.45) is 0 Å². The maximum atomic E-state index is 6.02. The Kier molecular flexibility index (Phi) is 2.22. The van der Waals surface area contributed by atoms with E-state index < -0.39 is 0 Å². The molecule has 1 saturated carbocycles. The largest absolute Gasteiger partial charge is 0.470 e. The zero-order valence-electron chi connectivity index (χ0n) is 10.3. The van der Waals surface area contributed by atoms with Gasteiger partial charge in [-0.1, -0.05) is 12.1 Å². The topological polar surface area (TPSA) is 73.1 Å². The smallest absolute Gasteiger partial charge is 0.220 e. The number of fused-ring (bicyclic) bond motifs is 3. The predicted octanol–water partition coefficient (Wildman–Crippen LogP) is 1.87. The molecule has 4 rings (SSSR count). The fourth-order valence-electron chi connectivity index (χ4n) is 2.36. The molecule has 2 aliphatic rings. The van der Waals surface area contributed by atoms with Crippen molar-refractivity contribution in [3.8, 4) is 17.0 Å². The van der Waals surface area contributed by atoms with Crippen LogP contribution in [0.3, 0.4) is 0 Å². The summed E-state index contributed by atoms with van der Waals surface area (Å²) in [6, 6.07) is 8.42. The van der Waals surface area contributed by atoms with Gasteiger partial charge >= 0.3 is 0 Å². The van der Waals surface area contributed by atoms with Gasteiger partial charge in [0.05, 0.1) is 11.3 Å². The van der Waals surface area contributed by atoms with Crippen molar-refractivity contribution in [1.29, 1.82) is 0 Å². The normalized spacial score (nSPS) is 20.3. The Labute approximate surface area is 110 Å². The fourth-order valence-corrected chi connectivity index (χ4v) is 2.36. The number of aromatic nitrogens is 2. The van der Waals surface area contributed by atoms with Gasteiger partial charge in [-0.25, -0.2) is 9.97 Å². The Hall–Kier alpha value is -2.14. The molecule has 2 aromatic rings. The maximum absolute atomic E-state index is 6.02. The number of benzene rings is 1. The molecule has 1 aliphatic heterocycles. The molecule has 2 heterocycles. The molecule has 3 N–H and O–H groups in total. The third kappa shape index (κ3) is 1.82. The molecule has 1 aromatic heterocycles. The second-order valence-electron chi connectivity index (χ2n) is 4.97. The van der Waals surface area contributed by atoms with E-state index in [9.17, 15) is 0 Å². The van der Waals surface area contributed by atoms with Crippen molar-refractivity contribution in [2.75, 3.05) is 5.73 Å². The quantitative estimate of drug-likeness (QED) is 0.856. The van der Waals surface area contributed by atoms with Gasteiger partial charge in [-0.15, -0.1) is 0 Å². The first-order valence-corrected chi connectivity index (χ1v) is 6.46. The molecule has 1 aromatic carbocycles. The molecule has 1 atom stereocenters. The Morgan fingerprint density at radius 2 is 2.11 bits per heavy atom. The zero-order valence-corrected chi connectivity index (χ0v) is 10.3. The lowest BCUT2D eigenvalue weighted by atomic mass is 10.0. The molecule has 5 nitrogen and oxygen atoms in total. The number of hydrogen-bond acceptors (Lipinski definition) is 5. The molecule has 0 spiro atoms. The van der Waals surface area contributed by atoms with E-state index >= 15 is 0 Å². The van der Waals surface area contributed by atoms with E-state index in [1.165, 1.54) is 12.8 Å². The van der Waals surface area contributed by atoms with Crippen LogP contribution in [0.4, 0.5) is 5.95 Å². The van der Waals surface area contributed by atoms with E-state index in [-0.39, 0.29) is 6.23 Å². The molecule has 0 unspecified atom stereocenters. The van der Waals surface area contributed by atoms with E-state index in [1.54, 1.807) is 6.20 Å². The average Bonchev–Trinajstić information content (AvgIpc) is 3.23. The van der Waals surface area contributed by atoms with E-state index in [0.717, 1.165) is 22.6 Å². The lowest BCUT2D eigenvalue weighted by molar-refractivity contribution is 0.160. The monoisotopic (exact) mass is 254 g/mol. The van der Waals surface area contributed by atoms with Crippen LogP contribution in [-0.2, 0) is 0 Å². The third-order valence-corrected chi connectivity index (χ3v) is 3.47. The van der Waals surface area contributed by atoms with Crippen molar-refractivity contribution in [2.45, 2.75) is 25.1 Å². The molecule has 0 bridgehead atoms. The van der Waals surface area contributed by atoms with E-state index in [4.69, 9.17) is 10.5 Å². The van der Waals surface area contributed by atoms with Gasteiger partial charge in [0.25, 0.3) is 0 Å². The number of hydrogen-bond donors (Lipinski definition) is 2. The first-order valence-electron chi connectivity index (χ1n) is 6.46. The highest BCUT2D eigenvalue weighted by atomic mass is 16.5. The average molecular weight is 254 g/mol. The van der Waals surface area contributed by atoms with Crippen molar-refractivity contribution in [3.63, 3.8) is 0 Å². The van der Waals surface area contributed by atoms with E-state index in [1.807, 2.05) is 24.3 Å². The van der Waals surface area contributed by atoms with Crippen LogP contribution in [0.2, 0.25) is 0 Å². The van der Waals surface area contributed by atoms with Crippen molar-refractivity contribution >= 4 is 5.95 Å². The van der Waals surface area contributed by atoms with Gasteiger partial charge in [0, 0.05) is 17.8 Å². The Bertz CT molecular complexity index is 639. The Morgan fingerprint density at radius 3 is 2.95 bits per heavy atom. The van der Waals surface area contributed by atoms with Gasteiger partial charge in [0.1, 0.15) is 5.75 Å². The van der Waals surface area contributed by atoms with Gasteiger partial charge in [0.15, 0.2) is 6.23 Å². The molecular weight excluding hydrogens is 240 g/mol. The van der Waals surface area contributed by atoms with Gasteiger partial charge in [-0.3, -0.25) is 5.32 Å². The number of para-hydroxylation sites is 1. The number of rotatable bonds is 2. The summed E-state index contributed by atoms with van der Waals surface area (Å²) in [5.41, 5.74) is 8.51. The number of nitrogen functional groups attached to an aromatic ring is 1. The predicted molar refractivity (Wildman–Crippen MR) is 71.4 cm³/mol. The number of anilines is 1. The summed E-state index contributed by atoms with van der Waals surface area (Å²) in [5.74, 6) is 1.13. The van der Waals surface area contributed by atoms with Gasteiger partial charge < -0.3 is 10.5 Å². The highest BCUT2D eigenvalue weighted by Crippen LogP contribution is 2.41. The summed E-state index contributed by atoms with van der Waals surface area (Å²) < 4.78 is 6.02. The van der Waals surface area contributed by atoms with Crippen molar-refractivity contribution in [3.05, 3.63) is 36.0 Å². The third-order valence-electron chi connectivity index (χ3n) is 3.47. The van der Waals surface area contributed by atoms with Crippen LogP contribution in [-0.4, -0.2) is 16.0 Å². The fraction of sp³-hybridized carbons (Fsp3) is 0.286. The zero-order chi connectivity index (χ0) is 12.8.